The molecule has 0 unspecified atom stereocenters. The Morgan fingerprint density at radius 2 is 2.23 bits per heavy atom. The summed E-state index contributed by atoms with van der Waals surface area (Å²) in [6, 6.07) is 0.392. The van der Waals surface area contributed by atoms with E-state index in [1.807, 2.05) is 0 Å². The van der Waals surface area contributed by atoms with Crippen LogP contribution in [0.4, 0.5) is 0 Å². The lowest BCUT2D eigenvalue weighted by Gasteiger charge is -2.26. The maximum absolute atomic E-state index is 5.28. The van der Waals surface area contributed by atoms with Gasteiger partial charge in [-0.1, -0.05) is 0 Å². The minimum Gasteiger partial charge on any atom is -0.481 e. The molecule has 0 bridgehead atoms. The fourth-order valence-electron chi connectivity index (χ4n) is 1.64. The molecule has 74 valence electrons. The lowest BCUT2D eigenvalue weighted by molar-refractivity contribution is 0.0364. The third kappa shape index (κ3) is 2.67. The standard InChI is InChI=1S/C9H16N2O2/c1(9-7-13-8-10-9)2-11-3-5-12-6-4-11/h8-9H,1-7H2/t9-/m0/s1. The van der Waals surface area contributed by atoms with Crippen LogP contribution in [0.15, 0.2) is 4.99 Å². The van der Waals surface area contributed by atoms with Crippen molar-refractivity contribution >= 4 is 6.40 Å². The molecule has 4 nitrogen and oxygen atoms in total. The van der Waals surface area contributed by atoms with Crippen molar-refractivity contribution in [3.63, 3.8) is 0 Å². The summed E-state index contributed by atoms with van der Waals surface area (Å²) in [5.74, 6) is 0. The molecular weight excluding hydrogens is 168 g/mol. The average Bonchev–Trinajstić information content (AvgIpc) is 2.69. The van der Waals surface area contributed by atoms with E-state index in [2.05, 4.69) is 9.89 Å². The van der Waals surface area contributed by atoms with Gasteiger partial charge in [0.2, 0.25) is 0 Å². The van der Waals surface area contributed by atoms with Crippen molar-refractivity contribution in [1.29, 1.82) is 0 Å². The zero-order valence-electron chi connectivity index (χ0n) is 7.82. The van der Waals surface area contributed by atoms with Gasteiger partial charge in [-0.3, -0.25) is 9.89 Å². The van der Waals surface area contributed by atoms with Crippen LogP contribution in [0.25, 0.3) is 0 Å². The van der Waals surface area contributed by atoms with Crippen molar-refractivity contribution in [3.8, 4) is 0 Å². The molecule has 2 heterocycles. The Hall–Kier alpha value is -0.610. The van der Waals surface area contributed by atoms with E-state index in [4.69, 9.17) is 9.47 Å². The summed E-state index contributed by atoms with van der Waals surface area (Å²) in [6.07, 6.45) is 2.68. The number of hydrogen-bond donors (Lipinski definition) is 0. The minimum atomic E-state index is 0.392. The number of aliphatic imine (C=N–C) groups is 1. The molecule has 0 spiro atoms. The van der Waals surface area contributed by atoms with Crippen LogP contribution in [-0.2, 0) is 9.47 Å². The van der Waals surface area contributed by atoms with Crippen LogP contribution < -0.4 is 0 Å². The Morgan fingerprint density at radius 3 is 2.92 bits per heavy atom. The molecule has 1 atom stereocenters. The third-order valence-corrected chi connectivity index (χ3v) is 2.52. The highest BCUT2D eigenvalue weighted by molar-refractivity contribution is 5.48. The molecule has 1 saturated heterocycles. The van der Waals surface area contributed by atoms with Gasteiger partial charge in [0.15, 0.2) is 6.40 Å². The van der Waals surface area contributed by atoms with E-state index in [0.29, 0.717) is 6.04 Å². The summed E-state index contributed by atoms with van der Waals surface area (Å²) >= 11 is 0. The molecular formula is C9H16N2O2. The first-order valence-corrected chi connectivity index (χ1v) is 4.88. The van der Waals surface area contributed by atoms with E-state index >= 15 is 0 Å². The van der Waals surface area contributed by atoms with Crippen molar-refractivity contribution < 1.29 is 9.47 Å². The van der Waals surface area contributed by atoms with Gasteiger partial charge in [-0.15, -0.1) is 0 Å². The van der Waals surface area contributed by atoms with Crippen molar-refractivity contribution in [2.24, 2.45) is 4.99 Å². The molecule has 0 aliphatic carbocycles. The molecule has 4 heteroatoms. The third-order valence-electron chi connectivity index (χ3n) is 2.52. The van der Waals surface area contributed by atoms with Gasteiger partial charge in [-0.25, -0.2) is 0 Å². The van der Waals surface area contributed by atoms with E-state index in [9.17, 15) is 0 Å². The van der Waals surface area contributed by atoms with Crippen LogP contribution >= 0.6 is 0 Å². The summed E-state index contributed by atoms with van der Waals surface area (Å²) in [7, 11) is 0. The first kappa shape index (κ1) is 8.97. The molecule has 2 rings (SSSR count). The SMILES string of the molecule is C1=N[C@@H](CCN2CCOCC2)CO1. The van der Waals surface area contributed by atoms with Crippen molar-refractivity contribution in [1.82, 2.24) is 4.90 Å². The topological polar surface area (TPSA) is 34.1 Å². The molecule has 1 fully saturated rings. The van der Waals surface area contributed by atoms with Gasteiger partial charge < -0.3 is 9.47 Å². The summed E-state index contributed by atoms with van der Waals surface area (Å²) in [6.45, 7) is 5.78. The second-order valence-electron chi connectivity index (χ2n) is 3.48. The quantitative estimate of drug-likeness (QED) is 0.625. The van der Waals surface area contributed by atoms with Gasteiger partial charge in [0.1, 0.15) is 6.61 Å². The largest absolute Gasteiger partial charge is 0.481 e. The predicted molar refractivity (Wildman–Crippen MR) is 50.1 cm³/mol. The van der Waals surface area contributed by atoms with Crippen molar-refractivity contribution in [3.05, 3.63) is 0 Å². The maximum Gasteiger partial charge on any atom is 0.169 e. The van der Waals surface area contributed by atoms with Gasteiger partial charge in [0.25, 0.3) is 0 Å². The Labute approximate surface area is 78.5 Å². The fraction of sp³-hybridized carbons (Fsp3) is 0.889. The molecule has 0 aromatic rings. The number of rotatable bonds is 3. The van der Waals surface area contributed by atoms with Crippen molar-refractivity contribution in [2.45, 2.75) is 12.5 Å². The Balaban J connectivity index is 1.63. The number of nitrogens with zero attached hydrogens (tertiary/aromatic N) is 2. The van der Waals surface area contributed by atoms with Crippen LogP contribution in [-0.4, -0.2) is 56.8 Å². The second-order valence-corrected chi connectivity index (χ2v) is 3.48. The van der Waals surface area contributed by atoms with E-state index in [1.54, 1.807) is 6.40 Å². The molecule has 2 aliphatic heterocycles. The van der Waals surface area contributed by atoms with Gasteiger partial charge in [-0.2, -0.15) is 0 Å². The van der Waals surface area contributed by atoms with Crippen molar-refractivity contribution in [2.75, 3.05) is 39.5 Å². The Bertz CT molecular complexity index is 178. The van der Waals surface area contributed by atoms with Gasteiger partial charge in [0.05, 0.1) is 19.3 Å². The summed E-state index contributed by atoms with van der Waals surface area (Å²) in [5, 5.41) is 0. The van der Waals surface area contributed by atoms with E-state index in [-0.39, 0.29) is 0 Å². The minimum absolute atomic E-state index is 0.392. The molecule has 0 N–H and O–H groups in total. The second kappa shape index (κ2) is 4.58. The number of hydrogen-bond acceptors (Lipinski definition) is 4. The highest BCUT2D eigenvalue weighted by Gasteiger charge is 2.15. The van der Waals surface area contributed by atoms with Crippen LogP contribution in [0, 0.1) is 0 Å². The predicted octanol–water partition coefficient (Wildman–Crippen LogP) is 0.136. The highest BCUT2D eigenvalue weighted by Crippen LogP contribution is 2.06. The first-order chi connectivity index (χ1) is 6.45. The van der Waals surface area contributed by atoms with Crippen LogP contribution in [0.1, 0.15) is 6.42 Å². The number of ether oxygens (including phenoxy) is 2. The van der Waals surface area contributed by atoms with Crippen LogP contribution in [0.5, 0.6) is 0 Å². The first-order valence-electron chi connectivity index (χ1n) is 4.88. The zero-order chi connectivity index (χ0) is 8.93. The smallest absolute Gasteiger partial charge is 0.169 e. The maximum atomic E-state index is 5.28. The molecule has 0 radical (unpaired) electrons. The lowest BCUT2D eigenvalue weighted by atomic mass is 10.2. The van der Waals surface area contributed by atoms with Gasteiger partial charge in [-0.05, 0) is 6.42 Å². The summed E-state index contributed by atoms with van der Waals surface area (Å²) < 4.78 is 10.3. The summed E-state index contributed by atoms with van der Waals surface area (Å²) in [4.78, 5) is 6.64. The zero-order valence-corrected chi connectivity index (χ0v) is 7.82. The fourth-order valence-corrected chi connectivity index (χ4v) is 1.64. The molecule has 13 heavy (non-hydrogen) atoms. The molecule has 0 aromatic carbocycles. The van der Waals surface area contributed by atoms with E-state index < -0.39 is 0 Å². The average molecular weight is 184 g/mol. The normalized spacial score (nSPS) is 29.1. The Morgan fingerprint density at radius 1 is 1.38 bits per heavy atom. The molecule has 0 amide bonds. The monoisotopic (exact) mass is 184 g/mol. The molecule has 0 aromatic heterocycles. The molecule has 2 aliphatic rings. The van der Waals surface area contributed by atoms with Crippen LogP contribution in [0.2, 0.25) is 0 Å². The lowest BCUT2D eigenvalue weighted by Crippen LogP contribution is -2.37. The number of morpholine rings is 1. The van der Waals surface area contributed by atoms with Crippen LogP contribution in [0.3, 0.4) is 0 Å². The van der Waals surface area contributed by atoms with E-state index in [1.165, 1.54) is 0 Å². The Kier molecular flexibility index (Phi) is 3.16. The van der Waals surface area contributed by atoms with Gasteiger partial charge in [0, 0.05) is 19.6 Å². The molecule has 0 saturated carbocycles. The summed E-state index contributed by atoms with van der Waals surface area (Å²) in [5.41, 5.74) is 0. The van der Waals surface area contributed by atoms with E-state index in [0.717, 1.165) is 45.9 Å². The highest BCUT2D eigenvalue weighted by atomic mass is 16.5. The van der Waals surface area contributed by atoms with Gasteiger partial charge >= 0.3 is 0 Å².